The second-order valence-corrected chi connectivity index (χ2v) is 4.56. The summed E-state index contributed by atoms with van der Waals surface area (Å²) in [6.07, 6.45) is 3.01. The molecule has 0 radical (unpaired) electrons. The van der Waals surface area contributed by atoms with Crippen LogP contribution in [0.1, 0.15) is 23.2 Å². The van der Waals surface area contributed by atoms with Crippen LogP contribution in [0.2, 0.25) is 0 Å². The largest absolute Gasteiger partial charge is 0.490 e. The van der Waals surface area contributed by atoms with E-state index in [0.717, 1.165) is 12.8 Å². The highest BCUT2D eigenvalue weighted by Gasteiger charge is 2.22. The van der Waals surface area contributed by atoms with Gasteiger partial charge in [0.1, 0.15) is 6.29 Å². The summed E-state index contributed by atoms with van der Waals surface area (Å²) in [5.41, 5.74) is 0.442. The summed E-state index contributed by atoms with van der Waals surface area (Å²) in [5.74, 6) is 0.354. The number of nitrogens with zero attached hydrogens (tertiary/aromatic N) is 1. The van der Waals surface area contributed by atoms with E-state index in [4.69, 9.17) is 4.74 Å². The minimum Gasteiger partial charge on any atom is -0.490 e. The number of rotatable bonds is 5. The number of carbonyl (C=O) groups excluding carboxylic acids is 1. The van der Waals surface area contributed by atoms with Gasteiger partial charge in [-0.25, -0.2) is 4.39 Å². The van der Waals surface area contributed by atoms with Crippen molar-refractivity contribution in [2.24, 2.45) is 5.92 Å². The maximum atomic E-state index is 13.1. The van der Waals surface area contributed by atoms with Crippen molar-refractivity contribution in [2.45, 2.75) is 12.8 Å². The zero-order chi connectivity index (χ0) is 14.3. The highest BCUT2D eigenvalue weighted by atomic mass is 19.1. The zero-order valence-corrected chi connectivity index (χ0v) is 11.6. The highest BCUT2D eigenvalue weighted by Crippen LogP contribution is 2.30. The Morgan fingerprint density at radius 3 is 2.53 bits per heavy atom. The first-order valence-corrected chi connectivity index (χ1v) is 6.15. The van der Waals surface area contributed by atoms with Gasteiger partial charge in [-0.1, -0.05) is 0 Å². The number of aldehydes is 1. The van der Waals surface area contributed by atoms with E-state index in [0.29, 0.717) is 24.4 Å². The predicted octanol–water partition coefficient (Wildman–Crippen LogP) is 2.54. The van der Waals surface area contributed by atoms with E-state index in [9.17, 15) is 9.18 Å². The minimum absolute atomic E-state index is 0.182. The first-order chi connectivity index (χ1) is 9.06. The van der Waals surface area contributed by atoms with E-state index in [1.54, 1.807) is 12.2 Å². The molecule has 0 N–H and O–H groups in total. The topological polar surface area (TPSA) is 38.8 Å². The van der Waals surface area contributed by atoms with Crippen LogP contribution in [-0.4, -0.2) is 39.2 Å². The Bertz CT molecular complexity index is 406. The van der Waals surface area contributed by atoms with E-state index in [2.05, 4.69) is 4.84 Å². The number of halogens is 1. The van der Waals surface area contributed by atoms with Crippen molar-refractivity contribution in [3.63, 3.8) is 0 Å². The SMILES string of the molecule is CON(C)C.O=Cc1ccc(F)c(OCC2CC2)c1. The van der Waals surface area contributed by atoms with E-state index in [1.807, 2.05) is 14.1 Å². The summed E-state index contributed by atoms with van der Waals surface area (Å²) in [6, 6.07) is 4.13. The summed E-state index contributed by atoms with van der Waals surface area (Å²) < 4.78 is 18.4. The summed E-state index contributed by atoms with van der Waals surface area (Å²) in [5, 5.41) is 1.62. The third kappa shape index (κ3) is 6.31. The van der Waals surface area contributed by atoms with Crippen LogP contribution in [0.25, 0.3) is 0 Å². The molecule has 0 aliphatic heterocycles. The number of hydrogen-bond donors (Lipinski definition) is 0. The number of benzene rings is 1. The molecule has 19 heavy (non-hydrogen) atoms. The second-order valence-electron chi connectivity index (χ2n) is 4.56. The summed E-state index contributed by atoms with van der Waals surface area (Å²) in [4.78, 5) is 15.0. The van der Waals surface area contributed by atoms with Crippen molar-refractivity contribution in [1.82, 2.24) is 5.06 Å². The highest BCUT2D eigenvalue weighted by molar-refractivity contribution is 5.75. The van der Waals surface area contributed by atoms with Gasteiger partial charge in [-0.15, -0.1) is 0 Å². The van der Waals surface area contributed by atoms with E-state index in [-0.39, 0.29) is 5.75 Å². The first-order valence-electron chi connectivity index (χ1n) is 6.15. The van der Waals surface area contributed by atoms with Gasteiger partial charge in [0.15, 0.2) is 11.6 Å². The number of carbonyl (C=O) groups is 1. The molecule has 0 bridgehead atoms. The Kier molecular flexibility index (Phi) is 6.45. The van der Waals surface area contributed by atoms with Crippen LogP contribution in [-0.2, 0) is 4.84 Å². The molecule has 0 saturated heterocycles. The van der Waals surface area contributed by atoms with Gasteiger partial charge in [0.25, 0.3) is 0 Å². The lowest BCUT2D eigenvalue weighted by atomic mass is 10.2. The molecule has 5 heteroatoms. The summed E-state index contributed by atoms with van der Waals surface area (Å²) in [7, 11) is 5.29. The molecular formula is C14H20FNO3. The Morgan fingerprint density at radius 1 is 1.42 bits per heavy atom. The molecule has 0 spiro atoms. The summed E-state index contributed by atoms with van der Waals surface area (Å²) in [6.45, 7) is 0.555. The molecular weight excluding hydrogens is 249 g/mol. The molecule has 1 aliphatic carbocycles. The molecule has 4 nitrogen and oxygen atoms in total. The quantitative estimate of drug-likeness (QED) is 0.608. The van der Waals surface area contributed by atoms with E-state index in [1.165, 1.54) is 18.2 Å². The van der Waals surface area contributed by atoms with E-state index < -0.39 is 5.82 Å². The fourth-order valence-electron chi connectivity index (χ4n) is 1.20. The molecule has 0 unspecified atom stereocenters. The molecule has 106 valence electrons. The van der Waals surface area contributed by atoms with Gasteiger partial charge >= 0.3 is 0 Å². The van der Waals surface area contributed by atoms with Crippen LogP contribution >= 0.6 is 0 Å². The molecule has 1 saturated carbocycles. The van der Waals surface area contributed by atoms with Gasteiger partial charge in [-0.3, -0.25) is 4.79 Å². The standard InChI is InChI=1S/C11H11FO2.C3H9NO/c12-10-4-3-9(6-13)5-11(10)14-7-8-1-2-8;1-4(2)5-3/h3-6,8H,1-2,7H2;1-3H3. The van der Waals surface area contributed by atoms with Crippen LogP contribution < -0.4 is 4.74 Å². The fraction of sp³-hybridized carbons (Fsp3) is 0.500. The van der Waals surface area contributed by atoms with Crippen molar-refractivity contribution >= 4 is 6.29 Å². The minimum atomic E-state index is -0.406. The van der Waals surface area contributed by atoms with Crippen molar-refractivity contribution in [3.8, 4) is 5.75 Å². The maximum absolute atomic E-state index is 13.1. The lowest BCUT2D eigenvalue weighted by Crippen LogP contribution is -2.07. The van der Waals surface area contributed by atoms with Crippen molar-refractivity contribution in [1.29, 1.82) is 0 Å². The van der Waals surface area contributed by atoms with Crippen molar-refractivity contribution < 1.29 is 18.8 Å². The molecule has 1 aromatic carbocycles. The van der Waals surface area contributed by atoms with Crippen molar-refractivity contribution in [3.05, 3.63) is 29.6 Å². The normalized spacial score (nSPS) is 13.7. The Morgan fingerprint density at radius 2 is 2.05 bits per heavy atom. The van der Waals surface area contributed by atoms with Gasteiger partial charge in [0.2, 0.25) is 0 Å². The van der Waals surface area contributed by atoms with Crippen molar-refractivity contribution in [2.75, 3.05) is 27.8 Å². The molecule has 0 atom stereocenters. The lowest BCUT2D eigenvalue weighted by molar-refractivity contribution is -0.0855. The Balaban J connectivity index is 0.000000312. The maximum Gasteiger partial charge on any atom is 0.165 e. The smallest absolute Gasteiger partial charge is 0.165 e. The van der Waals surface area contributed by atoms with Crippen LogP contribution in [0.3, 0.4) is 0 Å². The van der Waals surface area contributed by atoms with Gasteiger partial charge < -0.3 is 9.57 Å². The van der Waals surface area contributed by atoms with Gasteiger partial charge in [-0.05, 0) is 37.0 Å². The van der Waals surface area contributed by atoms with Crippen LogP contribution in [0, 0.1) is 11.7 Å². The van der Waals surface area contributed by atoms with Gasteiger partial charge in [-0.2, -0.15) is 5.06 Å². The van der Waals surface area contributed by atoms with Crippen LogP contribution in [0.15, 0.2) is 18.2 Å². The third-order valence-corrected chi connectivity index (χ3v) is 2.63. The predicted molar refractivity (Wildman–Crippen MR) is 70.7 cm³/mol. The Hall–Kier alpha value is -1.46. The lowest BCUT2D eigenvalue weighted by Gasteiger charge is -2.06. The Labute approximate surface area is 113 Å². The summed E-state index contributed by atoms with van der Waals surface area (Å²) >= 11 is 0. The number of hydroxylamine groups is 2. The second kappa shape index (κ2) is 7.86. The van der Waals surface area contributed by atoms with Gasteiger partial charge in [0, 0.05) is 19.7 Å². The van der Waals surface area contributed by atoms with Crippen LogP contribution in [0.5, 0.6) is 5.75 Å². The van der Waals surface area contributed by atoms with Crippen LogP contribution in [0.4, 0.5) is 4.39 Å². The molecule has 0 aromatic heterocycles. The molecule has 1 aromatic rings. The van der Waals surface area contributed by atoms with Gasteiger partial charge in [0.05, 0.1) is 13.7 Å². The molecule has 1 fully saturated rings. The molecule has 0 amide bonds. The fourth-order valence-corrected chi connectivity index (χ4v) is 1.20. The average Bonchev–Trinajstić information content (AvgIpc) is 3.22. The first kappa shape index (κ1) is 15.6. The molecule has 2 rings (SSSR count). The average molecular weight is 269 g/mol. The molecule has 0 heterocycles. The molecule has 1 aliphatic rings. The number of hydrogen-bond acceptors (Lipinski definition) is 4. The monoisotopic (exact) mass is 269 g/mol. The van der Waals surface area contributed by atoms with E-state index >= 15 is 0 Å². The number of ether oxygens (including phenoxy) is 1. The zero-order valence-electron chi connectivity index (χ0n) is 11.6. The third-order valence-electron chi connectivity index (χ3n) is 2.63.